The van der Waals surface area contributed by atoms with Crippen LogP contribution in [0.3, 0.4) is 0 Å². The lowest BCUT2D eigenvalue weighted by Crippen LogP contribution is -2.27. The zero-order valence-corrected chi connectivity index (χ0v) is 11.5. The number of carbonyl (C=O) groups excluding carboxylic acids is 1. The molecule has 3 nitrogen and oxygen atoms in total. The van der Waals surface area contributed by atoms with E-state index < -0.39 is 0 Å². The minimum Gasteiger partial charge on any atom is -0.393 e. The van der Waals surface area contributed by atoms with Crippen LogP contribution in [0.4, 0.5) is 4.39 Å². The zero-order valence-electron chi connectivity index (χ0n) is 11.5. The number of aliphatic hydroxyl groups excluding tert-OH is 1. The topological polar surface area (TPSA) is 40.5 Å². The number of likely N-dealkylation sites (tertiary alicyclic amines) is 1. The summed E-state index contributed by atoms with van der Waals surface area (Å²) in [5.41, 5.74) is 0.449. The molecule has 20 heavy (non-hydrogen) atoms. The molecule has 108 valence electrons. The van der Waals surface area contributed by atoms with Gasteiger partial charge >= 0.3 is 0 Å². The Kier molecular flexibility index (Phi) is 3.85. The van der Waals surface area contributed by atoms with E-state index in [1.165, 1.54) is 12.1 Å². The molecule has 1 saturated heterocycles. The predicted octanol–water partition coefficient (Wildman–Crippen LogP) is 2.10. The molecule has 3 atom stereocenters. The highest BCUT2D eigenvalue weighted by atomic mass is 19.1. The van der Waals surface area contributed by atoms with Crippen molar-refractivity contribution < 1.29 is 14.3 Å². The Balaban J connectivity index is 1.52. The van der Waals surface area contributed by atoms with Crippen molar-refractivity contribution in [3.8, 4) is 0 Å². The number of Topliss-reactive ketones (excluding diaryl/α,β-unsaturated/α-hetero) is 1. The maximum Gasteiger partial charge on any atom is 0.164 e. The standard InChI is InChI=1S/C16H20FNO2/c17-13-3-1-2-11(8-13)15(19)6-7-18-9-12-4-5-16(20)14(12)10-18/h1-3,8,12,14,16,20H,4-7,9-10H2. The average molecular weight is 277 g/mol. The monoisotopic (exact) mass is 277 g/mol. The van der Waals surface area contributed by atoms with Gasteiger partial charge in [-0.15, -0.1) is 0 Å². The van der Waals surface area contributed by atoms with Gasteiger partial charge in [-0.1, -0.05) is 12.1 Å². The molecule has 1 aliphatic carbocycles. The molecule has 4 heteroatoms. The Morgan fingerprint density at radius 2 is 2.20 bits per heavy atom. The first-order valence-corrected chi connectivity index (χ1v) is 7.32. The van der Waals surface area contributed by atoms with Gasteiger partial charge in [-0.05, 0) is 30.9 Å². The minimum absolute atomic E-state index is 0.0119. The van der Waals surface area contributed by atoms with Crippen molar-refractivity contribution in [2.24, 2.45) is 11.8 Å². The second-order valence-corrected chi connectivity index (χ2v) is 6.01. The number of carbonyl (C=O) groups is 1. The number of fused-ring (bicyclic) bond motifs is 1. The summed E-state index contributed by atoms with van der Waals surface area (Å²) in [6.07, 6.45) is 2.27. The summed E-state index contributed by atoms with van der Waals surface area (Å²) in [6.45, 7) is 2.58. The van der Waals surface area contributed by atoms with E-state index in [0.717, 1.165) is 25.9 Å². The molecule has 0 bridgehead atoms. The molecule has 0 radical (unpaired) electrons. The maximum atomic E-state index is 13.1. The van der Waals surface area contributed by atoms with Crippen LogP contribution in [0.15, 0.2) is 24.3 Å². The molecule has 0 aromatic heterocycles. The first-order chi connectivity index (χ1) is 9.63. The van der Waals surface area contributed by atoms with Gasteiger partial charge in [-0.2, -0.15) is 0 Å². The fraction of sp³-hybridized carbons (Fsp3) is 0.562. The van der Waals surface area contributed by atoms with Crippen molar-refractivity contribution >= 4 is 5.78 Å². The summed E-state index contributed by atoms with van der Waals surface area (Å²) in [6, 6.07) is 5.87. The van der Waals surface area contributed by atoms with Gasteiger partial charge in [-0.25, -0.2) is 4.39 Å². The number of benzene rings is 1. The van der Waals surface area contributed by atoms with Crippen molar-refractivity contribution in [2.45, 2.75) is 25.4 Å². The van der Waals surface area contributed by atoms with Gasteiger partial charge in [0, 0.05) is 37.5 Å². The molecule has 1 saturated carbocycles. The predicted molar refractivity (Wildman–Crippen MR) is 74.0 cm³/mol. The van der Waals surface area contributed by atoms with Crippen LogP contribution >= 0.6 is 0 Å². The smallest absolute Gasteiger partial charge is 0.164 e. The maximum absolute atomic E-state index is 13.1. The van der Waals surface area contributed by atoms with Gasteiger partial charge in [0.1, 0.15) is 5.82 Å². The van der Waals surface area contributed by atoms with Crippen LogP contribution in [-0.2, 0) is 0 Å². The van der Waals surface area contributed by atoms with Crippen LogP contribution in [0.25, 0.3) is 0 Å². The second kappa shape index (κ2) is 5.62. The van der Waals surface area contributed by atoms with E-state index in [1.807, 2.05) is 0 Å². The molecule has 1 heterocycles. The Labute approximate surface area is 118 Å². The van der Waals surface area contributed by atoms with Gasteiger partial charge in [0.05, 0.1) is 6.10 Å². The van der Waals surface area contributed by atoms with Crippen LogP contribution in [0.2, 0.25) is 0 Å². The number of hydrogen-bond donors (Lipinski definition) is 1. The average Bonchev–Trinajstić information content (AvgIpc) is 2.98. The normalized spacial score (nSPS) is 29.6. The minimum atomic E-state index is -0.366. The second-order valence-electron chi connectivity index (χ2n) is 6.01. The van der Waals surface area contributed by atoms with Crippen LogP contribution in [0.5, 0.6) is 0 Å². The van der Waals surface area contributed by atoms with Crippen molar-refractivity contribution in [1.29, 1.82) is 0 Å². The number of rotatable bonds is 4. The summed E-state index contributed by atoms with van der Waals surface area (Å²) in [5, 5.41) is 9.87. The first-order valence-electron chi connectivity index (χ1n) is 7.32. The summed E-state index contributed by atoms with van der Waals surface area (Å²) in [7, 11) is 0. The Morgan fingerprint density at radius 3 is 2.95 bits per heavy atom. The van der Waals surface area contributed by atoms with Crippen molar-refractivity contribution in [3.63, 3.8) is 0 Å². The van der Waals surface area contributed by atoms with E-state index in [4.69, 9.17) is 0 Å². The van der Waals surface area contributed by atoms with Crippen LogP contribution in [-0.4, -0.2) is 41.5 Å². The quantitative estimate of drug-likeness (QED) is 0.857. The summed E-state index contributed by atoms with van der Waals surface area (Å²) in [4.78, 5) is 14.3. The first kappa shape index (κ1) is 13.7. The Bertz CT molecular complexity index is 505. The fourth-order valence-corrected chi connectivity index (χ4v) is 3.58. The van der Waals surface area contributed by atoms with E-state index in [0.29, 0.717) is 30.4 Å². The summed E-state index contributed by atoms with van der Waals surface area (Å²) in [5.74, 6) is 0.602. The lowest BCUT2D eigenvalue weighted by Gasteiger charge is -2.17. The lowest BCUT2D eigenvalue weighted by molar-refractivity contribution is 0.0961. The molecular formula is C16H20FNO2. The molecule has 1 N–H and O–H groups in total. The molecule has 3 unspecified atom stereocenters. The van der Waals surface area contributed by atoms with Crippen molar-refractivity contribution in [3.05, 3.63) is 35.6 Å². The molecule has 2 aliphatic rings. The highest BCUT2D eigenvalue weighted by Gasteiger charge is 2.41. The molecule has 2 fully saturated rings. The van der Waals surface area contributed by atoms with Gasteiger partial charge in [0.15, 0.2) is 5.78 Å². The number of ketones is 1. The molecule has 1 aliphatic heterocycles. The van der Waals surface area contributed by atoms with Gasteiger partial charge in [0.25, 0.3) is 0 Å². The van der Waals surface area contributed by atoms with Gasteiger partial charge in [-0.3, -0.25) is 4.79 Å². The van der Waals surface area contributed by atoms with E-state index >= 15 is 0 Å². The lowest BCUT2D eigenvalue weighted by atomic mass is 10.00. The fourth-order valence-electron chi connectivity index (χ4n) is 3.58. The van der Waals surface area contributed by atoms with E-state index in [9.17, 15) is 14.3 Å². The summed E-state index contributed by atoms with van der Waals surface area (Å²) < 4.78 is 13.1. The SMILES string of the molecule is O=C(CCN1CC2CCC(O)C2C1)c1cccc(F)c1. The Morgan fingerprint density at radius 1 is 1.35 bits per heavy atom. The van der Waals surface area contributed by atoms with Crippen molar-refractivity contribution in [1.82, 2.24) is 4.90 Å². The third kappa shape index (κ3) is 2.76. The van der Waals surface area contributed by atoms with E-state index in [2.05, 4.69) is 4.90 Å². The van der Waals surface area contributed by atoms with Gasteiger partial charge in [0.2, 0.25) is 0 Å². The third-order valence-corrected chi connectivity index (χ3v) is 4.70. The Hall–Kier alpha value is -1.26. The van der Waals surface area contributed by atoms with Crippen LogP contribution in [0.1, 0.15) is 29.6 Å². The molecule has 3 rings (SSSR count). The van der Waals surface area contributed by atoms with E-state index in [-0.39, 0.29) is 17.7 Å². The highest BCUT2D eigenvalue weighted by Crippen LogP contribution is 2.37. The molecule has 1 aromatic rings. The van der Waals surface area contributed by atoms with Gasteiger partial charge < -0.3 is 10.0 Å². The number of nitrogens with zero attached hydrogens (tertiary/aromatic N) is 1. The molecule has 1 aromatic carbocycles. The molecule has 0 spiro atoms. The zero-order chi connectivity index (χ0) is 14.1. The van der Waals surface area contributed by atoms with Crippen LogP contribution in [0, 0.1) is 17.7 Å². The van der Waals surface area contributed by atoms with E-state index in [1.54, 1.807) is 12.1 Å². The third-order valence-electron chi connectivity index (χ3n) is 4.70. The molecular weight excluding hydrogens is 257 g/mol. The number of aliphatic hydroxyl groups is 1. The largest absolute Gasteiger partial charge is 0.393 e. The highest BCUT2D eigenvalue weighted by molar-refractivity contribution is 5.96. The molecule has 0 amide bonds. The number of halogens is 1. The van der Waals surface area contributed by atoms with Crippen molar-refractivity contribution in [2.75, 3.05) is 19.6 Å². The summed E-state index contributed by atoms with van der Waals surface area (Å²) >= 11 is 0. The van der Waals surface area contributed by atoms with Crippen LogP contribution < -0.4 is 0 Å². The number of hydrogen-bond acceptors (Lipinski definition) is 3.